The van der Waals surface area contributed by atoms with Gasteiger partial charge in [0, 0.05) is 32.9 Å². The van der Waals surface area contributed by atoms with Gasteiger partial charge in [-0.15, -0.1) is 5.10 Å². The molecule has 0 aliphatic heterocycles. The third-order valence-electron chi connectivity index (χ3n) is 2.81. The van der Waals surface area contributed by atoms with Gasteiger partial charge in [0.05, 0.1) is 6.20 Å². The van der Waals surface area contributed by atoms with E-state index in [9.17, 15) is 8.42 Å². The Kier molecular flexibility index (Phi) is 7.67. The average molecular weight is 304 g/mol. The zero-order valence-corrected chi connectivity index (χ0v) is 12.9. The van der Waals surface area contributed by atoms with Gasteiger partial charge in [0.1, 0.15) is 0 Å². The first kappa shape index (κ1) is 17.0. The molecule has 2 N–H and O–H groups in total. The van der Waals surface area contributed by atoms with Gasteiger partial charge in [0.15, 0.2) is 0 Å². The van der Waals surface area contributed by atoms with Crippen LogP contribution >= 0.6 is 0 Å². The Bertz CT molecular complexity index is 447. The highest BCUT2D eigenvalue weighted by molar-refractivity contribution is 7.87. The number of nitrogens with zero attached hydrogens (tertiary/aromatic N) is 4. The summed E-state index contributed by atoms with van der Waals surface area (Å²) in [5.41, 5.74) is 0. The van der Waals surface area contributed by atoms with Gasteiger partial charge in [-0.3, -0.25) is 4.68 Å². The van der Waals surface area contributed by atoms with Gasteiger partial charge in [-0.2, -0.15) is 12.7 Å². The maximum atomic E-state index is 11.9. The van der Waals surface area contributed by atoms with Crippen LogP contribution in [-0.2, 0) is 16.8 Å². The van der Waals surface area contributed by atoms with Crippen LogP contribution in [0.25, 0.3) is 0 Å². The van der Waals surface area contributed by atoms with Crippen LogP contribution in [0.2, 0.25) is 0 Å². The molecule has 1 aromatic rings. The molecular weight excluding hydrogens is 280 g/mol. The molecule has 0 atom stereocenters. The van der Waals surface area contributed by atoms with Crippen LogP contribution < -0.4 is 10.0 Å². The van der Waals surface area contributed by atoms with Crippen LogP contribution in [-0.4, -0.2) is 60.9 Å². The smallest absolute Gasteiger partial charge is 0.279 e. The van der Waals surface area contributed by atoms with Gasteiger partial charge in [-0.25, -0.2) is 4.72 Å². The summed E-state index contributed by atoms with van der Waals surface area (Å²) in [6.07, 6.45) is 4.82. The monoisotopic (exact) mass is 304 g/mol. The van der Waals surface area contributed by atoms with E-state index < -0.39 is 10.2 Å². The second-order valence-electron chi connectivity index (χ2n) is 4.45. The number of aromatic nitrogens is 3. The Labute approximate surface area is 120 Å². The number of hydrogen-bond acceptors (Lipinski definition) is 5. The lowest BCUT2D eigenvalue weighted by atomic mass is 10.4. The second-order valence-corrected chi connectivity index (χ2v) is 6.31. The standard InChI is InChI=1S/C11H24N6O2S/c1-3-12-6-4-9-16(2)20(18,19)14-7-5-10-17-11-8-13-15-17/h8,11-12,14H,3-7,9-10H2,1-2H3. The van der Waals surface area contributed by atoms with E-state index >= 15 is 0 Å². The van der Waals surface area contributed by atoms with Crippen molar-refractivity contribution in [2.24, 2.45) is 0 Å². The van der Waals surface area contributed by atoms with Gasteiger partial charge in [0.25, 0.3) is 10.2 Å². The molecule has 0 unspecified atom stereocenters. The number of hydrogen-bond donors (Lipinski definition) is 2. The van der Waals surface area contributed by atoms with E-state index in [4.69, 9.17) is 0 Å². The van der Waals surface area contributed by atoms with Crippen molar-refractivity contribution in [3.63, 3.8) is 0 Å². The zero-order chi connectivity index (χ0) is 14.8. The lowest BCUT2D eigenvalue weighted by molar-refractivity contribution is 0.443. The Hall–Kier alpha value is -1.03. The van der Waals surface area contributed by atoms with Crippen molar-refractivity contribution < 1.29 is 8.42 Å². The number of aryl methyl sites for hydroxylation is 1. The molecule has 0 spiro atoms. The first-order chi connectivity index (χ1) is 9.56. The number of nitrogens with one attached hydrogen (secondary N) is 2. The maximum absolute atomic E-state index is 11.9. The van der Waals surface area contributed by atoms with Crippen molar-refractivity contribution in [1.29, 1.82) is 0 Å². The minimum absolute atomic E-state index is 0.389. The normalized spacial score (nSPS) is 12.2. The van der Waals surface area contributed by atoms with Gasteiger partial charge in [-0.05, 0) is 25.9 Å². The molecule has 0 bridgehead atoms. The van der Waals surface area contributed by atoms with Gasteiger partial charge >= 0.3 is 0 Å². The third kappa shape index (κ3) is 6.42. The van der Waals surface area contributed by atoms with Crippen LogP contribution in [0.4, 0.5) is 0 Å². The van der Waals surface area contributed by atoms with Gasteiger partial charge in [0.2, 0.25) is 0 Å². The fourth-order valence-electron chi connectivity index (χ4n) is 1.63. The summed E-state index contributed by atoms with van der Waals surface area (Å²) in [6, 6.07) is 0. The largest absolute Gasteiger partial charge is 0.317 e. The molecule has 1 heterocycles. The summed E-state index contributed by atoms with van der Waals surface area (Å²) in [5, 5.41) is 10.7. The van der Waals surface area contributed by atoms with Crippen molar-refractivity contribution in [3.8, 4) is 0 Å². The van der Waals surface area contributed by atoms with Crippen LogP contribution in [0.15, 0.2) is 12.4 Å². The SMILES string of the molecule is CCNCCCN(C)S(=O)(=O)NCCCn1ccnn1. The van der Waals surface area contributed by atoms with E-state index in [1.54, 1.807) is 24.1 Å². The third-order valence-corrected chi connectivity index (χ3v) is 4.38. The summed E-state index contributed by atoms with van der Waals surface area (Å²) >= 11 is 0. The minimum atomic E-state index is -3.38. The van der Waals surface area contributed by atoms with Crippen LogP contribution in [0.3, 0.4) is 0 Å². The molecule has 8 nitrogen and oxygen atoms in total. The van der Waals surface area contributed by atoms with E-state index in [1.165, 1.54) is 4.31 Å². The Balaban J connectivity index is 2.19. The quantitative estimate of drug-likeness (QED) is 0.534. The molecule has 1 aromatic heterocycles. The molecule has 0 radical (unpaired) electrons. The van der Waals surface area contributed by atoms with Crippen molar-refractivity contribution in [2.75, 3.05) is 33.2 Å². The van der Waals surface area contributed by atoms with Crippen molar-refractivity contribution >= 4 is 10.2 Å². The number of rotatable bonds is 11. The lowest BCUT2D eigenvalue weighted by Gasteiger charge is -2.17. The topological polar surface area (TPSA) is 92.2 Å². The minimum Gasteiger partial charge on any atom is -0.317 e. The lowest BCUT2D eigenvalue weighted by Crippen LogP contribution is -2.40. The fraction of sp³-hybridized carbons (Fsp3) is 0.818. The van der Waals surface area contributed by atoms with E-state index in [-0.39, 0.29) is 0 Å². The van der Waals surface area contributed by atoms with Crippen LogP contribution in [0.5, 0.6) is 0 Å². The first-order valence-electron chi connectivity index (χ1n) is 6.82. The summed E-state index contributed by atoms with van der Waals surface area (Å²) < 4.78 is 29.4. The maximum Gasteiger partial charge on any atom is 0.279 e. The fourth-order valence-corrected chi connectivity index (χ4v) is 2.62. The van der Waals surface area contributed by atoms with Crippen molar-refractivity contribution in [2.45, 2.75) is 26.3 Å². The van der Waals surface area contributed by atoms with Crippen molar-refractivity contribution in [1.82, 2.24) is 29.3 Å². The van der Waals surface area contributed by atoms with Gasteiger partial charge in [-0.1, -0.05) is 12.1 Å². The predicted molar refractivity (Wildman–Crippen MR) is 77.4 cm³/mol. The summed E-state index contributed by atoms with van der Waals surface area (Å²) in [4.78, 5) is 0. The Morgan fingerprint density at radius 3 is 2.75 bits per heavy atom. The van der Waals surface area contributed by atoms with E-state index in [2.05, 4.69) is 20.4 Å². The average Bonchev–Trinajstić information content (AvgIpc) is 2.92. The van der Waals surface area contributed by atoms with Crippen molar-refractivity contribution in [3.05, 3.63) is 12.4 Å². The molecule has 0 amide bonds. The molecule has 116 valence electrons. The summed E-state index contributed by atoms with van der Waals surface area (Å²) in [6.45, 7) is 5.29. The summed E-state index contributed by atoms with van der Waals surface area (Å²) in [7, 11) is -1.79. The van der Waals surface area contributed by atoms with Gasteiger partial charge < -0.3 is 5.32 Å². The highest BCUT2D eigenvalue weighted by Gasteiger charge is 2.15. The molecule has 0 aromatic carbocycles. The molecule has 0 aliphatic carbocycles. The summed E-state index contributed by atoms with van der Waals surface area (Å²) in [5.74, 6) is 0. The highest BCUT2D eigenvalue weighted by Crippen LogP contribution is 1.96. The van der Waals surface area contributed by atoms with Crippen LogP contribution in [0, 0.1) is 0 Å². The molecule has 9 heteroatoms. The Morgan fingerprint density at radius 2 is 2.10 bits per heavy atom. The highest BCUT2D eigenvalue weighted by atomic mass is 32.2. The predicted octanol–water partition coefficient (Wildman–Crippen LogP) is -0.566. The molecule has 1 rings (SSSR count). The zero-order valence-electron chi connectivity index (χ0n) is 12.1. The molecule has 0 fully saturated rings. The Morgan fingerprint density at radius 1 is 1.30 bits per heavy atom. The van der Waals surface area contributed by atoms with E-state index in [1.807, 2.05) is 6.92 Å². The molecule has 0 saturated carbocycles. The first-order valence-corrected chi connectivity index (χ1v) is 8.26. The van der Waals surface area contributed by atoms with E-state index in [0.29, 0.717) is 26.1 Å². The second kappa shape index (κ2) is 9.01. The molecule has 0 saturated heterocycles. The van der Waals surface area contributed by atoms with Crippen LogP contribution in [0.1, 0.15) is 19.8 Å². The molecular formula is C11H24N6O2S. The van der Waals surface area contributed by atoms with E-state index in [0.717, 1.165) is 19.5 Å². The molecule has 0 aliphatic rings. The molecule has 20 heavy (non-hydrogen) atoms.